The highest BCUT2D eigenvalue weighted by Gasteiger charge is 2.25. The van der Waals surface area contributed by atoms with Crippen molar-refractivity contribution in [2.24, 2.45) is 0 Å². The lowest BCUT2D eigenvalue weighted by Crippen LogP contribution is -2.06. The van der Waals surface area contributed by atoms with Gasteiger partial charge in [-0.15, -0.1) is 0 Å². The Bertz CT molecular complexity index is 309. The molecule has 0 aliphatic rings. The summed E-state index contributed by atoms with van der Waals surface area (Å²) in [5.74, 6) is 2.39. The number of thioether (sulfide) groups is 1. The number of halogens is 3. The second-order valence-electron chi connectivity index (χ2n) is 8.20. The Labute approximate surface area is 177 Å². The molecule has 0 atom stereocenters. The van der Waals surface area contributed by atoms with Gasteiger partial charge in [0.25, 0.3) is 0 Å². The highest BCUT2D eigenvalue weighted by molar-refractivity contribution is 7.99. The maximum absolute atomic E-state index is 12.0. The molecule has 0 saturated heterocycles. The average molecular weight is 427 g/mol. The van der Waals surface area contributed by atoms with E-state index in [1.807, 2.05) is 11.8 Å². The lowest BCUT2D eigenvalue weighted by Gasteiger charge is -2.07. The first-order valence-corrected chi connectivity index (χ1v) is 12.8. The molecule has 0 aromatic heterocycles. The fourth-order valence-electron chi connectivity index (χ4n) is 3.27. The van der Waals surface area contributed by atoms with E-state index in [1.165, 1.54) is 76.4 Å². The van der Waals surface area contributed by atoms with E-state index in [2.05, 4.69) is 13.8 Å². The van der Waals surface area contributed by atoms with Crippen LogP contribution in [0.2, 0.25) is 0 Å². The Morgan fingerprint density at radius 3 is 1.39 bits per heavy atom. The quantitative estimate of drug-likeness (QED) is 0.169. The summed E-state index contributed by atoms with van der Waals surface area (Å²) in [5, 5.41) is 0. The molecule has 5 heteroatoms. The molecule has 0 aromatic rings. The van der Waals surface area contributed by atoms with E-state index in [-0.39, 0.29) is 0 Å². The topological polar surface area (TPSA) is 9.23 Å². The third-order valence-corrected chi connectivity index (χ3v) is 5.96. The van der Waals surface area contributed by atoms with Crippen LogP contribution in [0.15, 0.2) is 0 Å². The molecule has 0 N–H and O–H groups in total. The van der Waals surface area contributed by atoms with Crippen molar-refractivity contribution < 1.29 is 17.9 Å². The van der Waals surface area contributed by atoms with Crippen LogP contribution in [0.5, 0.6) is 0 Å². The fourth-order valence-corrected chi connectivity index (χ4v) is 4.10. The molecule has 0 radical (unpaired) electrons. The molecule has 0 bridgehead atoms. The van der Waals surface area contributed by atoms with E-state index in [1.54, 1.807) is 0 Å². The van der Waals surface area contributed by atoms with Crippen LogP contribution in [0.3, 0.4) is 0 Å². The van der Waals surface area contributed by atoms with Gasteiger partial charge >= 0.3 is 6.18 Å². The molecule has 0 spiro atoms. The van der Waals surface area contributed by atoms with Gasteiger partial charge in [0.05, 0.1) is 12.7 Å². The first kappa shape index (κ1) is 28.1. The summed E-state index contributed by atoms with van der Waals surface area (Å²) >= 11 is 2.01. The van der Waals surface area contributed by atoms with Crippen molar-refractivity contribution in [3.8, 4) is 0 Å². The van der Waals surface area contributed by atoms with Gasteiger partial charge in [0.2, 0.25) is 0 Å². The van der Waals surface area contributed by atoms with Crippen LogP contribution >= 0.6 is 11.8 Å². The van der Waals surface area contributed by atoms with Crippen molar-refractivity contribution in [2.75, 3.05) is 18.1 Å². The second kappa shape index (κ2) is 20.4. The van der Waals surface area contributed by atoms with Crippen molar-refractivity contribution in [1.29, 1.82) is 0 Å². The predicted octanol–water partition coefficient (Wildman–Crippen LogP) is 8.95. The lowest BCUT2D eigenvalue weighted by molar-refractivity contribution is -0.135. The summed E-state index contributed by atoms with van der Waals surface area (Å²) in [6, 6.07) is 0. The van der Waals surface area contributed by atoms with E-state index in [0.29, 0.717) is 12.5 Å². The maximum Gasteiger partial charge on any atom is 0.389 e. The van der Waals surface area contributed by atoms with E-state index in [4.69, 9.17) is 4.74 Å². The number of alkyl halides is 3. The van der Waals surface area contributed by atoms with Crippen LogP contribution in [-0.2, 0) is 4.74 Å². The normalized spacial score (nSPS) is 12.2. The number of hydrogen-bond donors (Lipinski definition) is 0. The van der Waals surface area contributed by atoms with E-state index in [9.17, 15) is 13.2 Å². The standard InChI is InChI=1S/C23H45F3OS/c1-22(2)27-19-21-28-20-17-15-13-11-9-7-5-3-4-6-8-10-12-14-16-18-23(24,25)26/h22H,3-21H2,1-2H3. The third-order valence-electron chi connectivity index (χ3n) is 4.93. The van der Waals surface area contributed by atoms with Crippen molar-refractivity contribution in [3.63, 3.8) is 0 Å². The van der Waals surface area contributed by atoms with Gasteiger partial charge in [-0.25, -0.2) is 0 Å². The Hall–Kier alpha value is 0.100. The maximum atomic E-state index is 12.0. The highest BCUT2D eigenvalue weighted by atomic mass is 32.2. The molecule has 1 nitrogen and oxygen atoms in total. The molecule has 170 valence electrons. The predicted molar refractivity (Wildman–Crippen MR) is 118 cm³/mol. The third kappa shape index (κ3) is 26.1. The van der Waals surface area contributed by atoms with Crippen LogP contribution in [0.1, 0.15) is 117 Å². The van der Waals surface area contributed by atoms with Gasteiger partial charge in [-0.2, -0.15) is 24.9 Å². The molecule has 0 rings (SSSR count). The Morgan fingerprint density at radius 1 is 0.607 bits per heavy atom. The molecule has 0 saturated carbocycles. The first-order chi connectivity index (χ1) is 13.4. The van der Waals surface area contributed by atoms with Crippen molar-refractivity contribution in [2.45, 2.75) is 129 Å². The van der Waals surface area contributed by atoms with E-state index >= 15 is 0 Å². The summed E-state index contributed by atoms with van der Waals surface area (Å²) in [5.41, 5.74) is 0. The largest absolute Gasteiger partial charge is 0.389 e. The van der Waals surface area contributed by atoms with Crippen LogP contribution in [0, 0.1) is 0 Å². The highest BCUT2D eigenvalue weighted by Crippen LogP contribution is 2.23. The zero-order chi connectivity index (χ0) is 20.9. The SMILES string of the molecule is CC(C)OCCSCCCCCCCCCCCCCCCCCC(F)(F)F. The smallest absolute Gasteiger partial charge is 0.378 e. The Kier molecular flexibility index (Phi) is 20.4. The molecule has 28 heavy (non-hydrogen) atoms. The van der Waals surface area contributed by atoms with Gasteiger partial charge in [-0.3, -0.25) is 0 Å². The summed E-state index contributed by atoms with van der Waals surface area (Å²) in [4.78, 5) is 0. The summed E-state index contributed by atoms with van der Waals surface area (Å²) in [7, 11) is 0. The molecular weight excluding hydrogens is 381 g/mol. The van der Waals surface area contributed by atoms with E-state index in [0.717, 1.165) is 31.6 Å². The Balaban J connectivity index is 3.03. The molecule has 0 unspecified atom stereocenters. The molecule has 0 aromatic carbocycles. The Morgan fingerprint density at radius 2 is 1.00 bits per heavy atom. The number of rotatable bonds is 21. The first-order valence-electron chi connectivity index (χ1n) is 11.7. The minimum Gasteiger partial charge on any atom is -0.378 e. The number of unbranched alkanes of at least 4 members (excludes halogenated alkanes) is 14. The molecule has 0 amide bonds. The van der Waals surface area contributed by atoms with Gasteiger partial charge in [0.1, 0.15) is 0 Å². The van der Waals surface area contributed by atoms with Crippen LogP contribution < -0.4 is 0 Å². The minimum absolute atomic E-state index is 0.301. The number of hydrogen-bond acceptors (Lipinski definition) is 2. The summed E-state index contributed by atoms with van der Waals surface area (Å²) in [6.45, 7) is 5.05. The van der Waals surface area contributed by atoms with Gasteiger partial charge < -0.3 is 4.74 Å². The average Bonchev–Trinajstić information content (AvgIpc) is 2.61. The van der Waals surface area contributed by atoms with Gasteiger partial charge in [-0.05, 0) is 32.4 Å². The lowest BCUT2D eigenvalue weighted by atomic mass is 10.0. The zero-order valence-electron chi connectivity index (χ0n) is 18.5. The van der Waals surface area contributed by atoms with Gasteiger partial charge in [0.15, 0.2) is 0 Å². The van der Waals surface area contributed by atoms with Crippen LogP contribution in [-0.4, -0.2) is 30.4 Å². The minimum atomic E-state index is -3.97. The molecular formula is C23H45F3OS. The summed E-state index contributed by atoms with van der Waals surface area (Å²) in [6.07, 6.45) is 13.4. The van der Waals surface area contributed by atoms with Crippen molar-refractivity contribution in [1.82, 2.24) is 0 Å². The van der Waals surface area contributed by atoms with Crippen LogP contribution in [0.4, 0.5) is 13.2 Å². The number of ether oxygens (including phenoxy) is 1. The van der Waals surface area contributed by atoms with Gasteiger partial charge in [-0.1, -0.05) is 83.5 Å². The monoisotopic (exact) mass is 426 g/mol. The fraction of sp³-hybridized carbons (Fsp3) is 1.00. The van der Waals surface area contributed by atoms with Gasteiger partial charge in [0, 0.05) is 12.2 Å². The molecule has 0 heterocycles. The summed E-state index contributed by atoms with van der Waals surface area (Å²) < 4.78 is 41.5. The zero-order valence-corrected chi connectivity index (χ0v) is 19.3. The molecule has 0 aliphatic heterocycles. The second-order valence-corrected chi connectivity index (χ2v) is 9.43. The van der Waals surface area contributed by atoms with Crippen molar-refractivity contribution >= 4 is 11.8 Å². The van der Waals surface area contributed by atoms with E-state index < -0.39 is 12.6 Å². The van der Waals surface area contributed by atoms with Crippen molar-refractivity contribution in [3.05, 3.63) is 0 Å². The molecule has 0 aliphatic carbocycles. The molecule has 0 fully saturated rings. The van der Waals surface area contributed by atoms with Crippen LogP contribution in [0.25, 0.3) is 0 Å².